The highest BCUT2D eigenvalue weighted by Crippen LogP contribution is 2.33. The molecule has 1 amide bonds. The minimum atomic E-state index is -0.425. The van der Waals surface area contributed by atoms with Crippen LogP contribution in [-0.4, -0.2) is 38.0 Å². The molecule has 2 N–H and O–H groups in total. The van der Waals surface area contributed by atoms with Crippen molar-refractivity contribution in [2.75, 3.05) is 32.5 Å². The van der Waals surface area contributed by atoms with E-state index in [0.717, 1.165) is 16.3 Å². The summed E-state index contributed by atoms with van der Waals surface area (Å²) >= 11 is 1.56. The predicted octanol–water partition coefficient (Wildman–Crippen LogP) is 3.33. The van der Waals surface area contributed by atoms with Crippen molar-refractivity contribution in [1.29, 1.82) is 5.26 Å². The van der Waals surface area contributed by atoms with Crippen LogP contribution in [0, 0.1) is 11.3 Å². The van der Waals surface area contributed by atoms with Gasteiger partial charge < -0.3 is 15.5 Å². The van der Waals surface area contributed by atoms with Gasteiger partial charge in [-0.25, -0.2) is 0 Å². The molecule has 0 aliphatic heterocycles. The van der Waals surface area contributed by atoms with Crippen LogP contribution in [0.25, 0.3) is 0 Å². The van der Waals surface area contributed by atoms with E-state index < -0.39 is 5.91 Å². The number of nitriles is 1. The molecular formula is C20H22N4OS. The summed E-state index contributed by atoms with van der Waals surface area (Å²) in [5, 5.41) is 15.1. The van der Waals surface area contributed by atoms with Crippen LogP contribution in [0.1, 0.15) is 0 Å². The maximum absolute atomic E-state index is 12.4. The van der Waals surface area contributed by atoms with Crippen LogP contribution in [0.2, 0.25) is 0 Å². The molecule has 0 saturated carbocycles. The third kappa shape index (κ3) is 6.28. The monoisotopic (exact) mass is 366 g/mol. The molecule has 0 radical (unpaired) electrons. The van der Waals surface area contributed by atoms with Crippen LogP contribution < -0.4 is 10.6 Å². The van der Waals surface area contributed by atoms with E-state index in [2.05, 4.69) is 10.6 Å². The summed E-state index contributed by atoms with van der Waals surface area (Å²) in [4.78, 5) is 16.4. The molecule has 5 nitrogen and oxygen atoms in total. The number of likely N-dealkylation sites (N-methyl/N-ethyl adjacent to an activating group) is 1. The maximum Gasteiger partial charge on any atom is 0.267 e. The van der Waals surface area contributed by atoms with E-state index >= 15 is 0 Å². The summed E-state index contributed by atoms with van der Waals surface area (Å²) in [6, 6.07) is 19.4. The van der Waals surface area contributed by atoms with E-state index in [9.17, 15) is 10.1 Å². The highest BCUT2D eigenvalue weighted by Gasteiger charge is 2.12. The Hall–Kier alpha value is -2.75. The standard InChI is InChI=1S/C20H22N4OS/c1-24(2)13-12-22-15-16(14-21)20(25)23-18-10-6-7-11-19(18)26-17-8-4-3-5-9-17/h3-11,15,22H,12-13H2,1-2H3,(H,23,25)/b16-15-. The summed E-state index contributed by atoms with van der Waals surface area (Å²) in [5.41, 5.74) is 0.726. The number of hydrogen-bond acceptors (Lipinski definition) is 5. The van der Waals surface area contributed by atoms with Crippen molar-refractivity contribution < 1.29 is 4.79 Å². The topological polar surface area (TPSA) is 68.2 Å². The third-order valence-corrected chi connectivity index (χ3v) is 4.50. The summed E-state index contributed by atoms with van der Waals surface area (Å²) in [6.07, 6.45) is 1.46. The zero-order valence-electron chi connectivity index (χ0n) is 14.9. The summed E-state index contributed by atoms with van der Waals surface area (Å²) < 4.78 is 0. The van der Waals surface area contributed by atoms with Crippen LogP contribution in [-0.2, 0) is 4.79 Å². The van der Waals surface area contributed by atoms with E-state index in [1.54, 1.807) is 11.8 Å². The van der Waals surface area contributed by atoms with Crippen LogP contribution in [0.3, 0.4) is 0 Å². The minimum absolute atomic E-state index is 0.0447. The smallest absolute Gasteiger partial charge is 0.267 e. The summed E-state index contributed by atoms with van der Waals surface area (Å²) in [6.45, 7) is 1.47. The van der Waals surface area contributed by atoms with Crippen molar-refractivity contribution in [3.63, 3.8) is 0 Å². The maximum atomic E-state index is 12.4. The van der Waals surface area contributed by atoms with Gasteiger partial charge in [-0.3, -0.25) is 4.79 Å². The molecule has 2 aromatic rings. The molecule has 0 spiro atoms. The fraction of sp³-hybridized carbons (Fsp3) is 0.200. The van der Waals surface area contributed by atoms with E-state index in [4.69, 9.17) is 0 Å². The average molecular weight is 366 g/mol. The Balaban J connectivity index is 2.06. The lowest BCUT2D eigenvalue weighted by Gasteiger charge is -2.11. The lowest BCUT2D eigenvalue weighted by atomic mass is 10.2. The average Bonchev–Trinajstić information content (AvgIpc) is 2.64. The van der Waals surface area contributed by atoms with Crippen molar-refractivity contribution >= 4 is 23.4 Å². The van der Waals surface area contributed by atoms with Crippen LogP contribution in [0.15, 0.2) is 76.2 Å². The van der Waals surface area contributed by atoms with Crippen molar-refractivity contribution in [3.8, 4) is 6.07 Å². The van der Waals surface area contributed by atoms with Gasteiger partial charge in [-0.2, -0.15) is 5.26 Å². The highest BCUT2D eigenvalue weighted by molar-refractivity contribution is 7.99. The molecule has 0 bridgehead atoms. The zero-order chi connectivity index (χ0) is 18.8. The molecule has 2 rings (SSSR count). The normalized spacial score (nSPS) is 11.1. The van der Waals surface area contributed by atoms with Gasteiger partial charge in [-0.1, -0.05) is 42.1 Å². The Morgan fingerprint density at radius 2 is 1.85 bits per heavy atom. The van der Waals surface area contributed by atoms with Gasteiger partial charge in [0.2, 0.25) is 0 Å². The summed E-state index contributed by atoms with van der Waals surface area (Å²) in [7, 11) is 3.93. The number of rotatable bonds is 8. The Bertz CT molecular complexity index is 797. The molecule has 0 aliphatic rings. The quantitative estimate of drug-likeness (QED) is 0.426. The fourth-order valence-electron chi connectivity index (χ4n) is 2.08. The number of amides is 1. The number of nitrogens with one attached hydrogen (secondary N) is 2. The first-order valence-electron chi connectivity index (χ1n) is 8.22. The first kappa shape index (κ1) is 19.6. The second-order valence-electron chi connectivity index (χ2n) is 5.79. The molecule has 0 saturated heterocycles. The number of nitrogens with zero attached hydrogens (tertiary/aromatic N) is 2. The SMILES string of the molecule is CN(C)CCN/C=C(/C#N)C(=O)Nc1ccccc1Sc1ccccc1. The lowest BCUT2D eigenvalue weighted by Crippen LogP contribution is -2.24. The number of carbonyl (C=O) groups is 1. The van der Waals surface area contributed by atoms with Crippen LogP contribution >= 0.6 is 11.8 Å². The van der Waals surface area contributed by atoms with Crippen molar-refractivity contribution in [1.82, 2.24) is 10.2 Å². The second kappa shape index (κ2) is 10.3. The third-order valence-electron chi connectivity index (χ3n) is 3.42. The predicted molar refractivity (Wildman–Crippen MR) is 106 cm³/mol. The first-order valence-corrected chi connectivity index (χ1v) is 9.03. The minimum Gasteiger partial charge on any atom is -0.388 e. The van der Waals surface area contributed by atoms with Crippen LogP contribution in [0.5, 0.6) is 0 Å². The number of para-hydroxylation sites is 1. The van der Waals surface area contributed by atoms with Gasteiger partial charge in [0.15, 0.2) is 0 Å². The Morgan fingerprint density at radius 3 is 2.54 bits per heavy atom. The summed E-state index contributed by atoms with van der Waals surface area (Å²) in [5.74, 6) is -0.425. The first-order chi connectivity index (χ1) is 12.6. The molecule has 26 heavy (non-hydrogen) atoms. The van der Waals surface area contributed by atoms with Gasteiger partial charge in [0.05, 0.1) is 5.69 Å². The zero-order valence-corrected chi connectivity index (χ0v) is 15.7. The molecule has 0 unspecified atom stereocenters. The number of hydrogen-bond donors (Lipinski definition) is 2. The highest BCUT2D eigenvalue weighted by atomic mass is 32.2. The molecule has 0 fully saturated rings. The van der Waals surface area contributed by atoms with Gasteiger partial charge in [0.1, 0.15) is 11.6 Å². The van der Waals surface area contributed by atoms with Gasteiger partial charge in [0.25, 0.3) is 5.91 Å². The lowest BCUT2D eigenvalue weighted by molar-refractivity contribution is -0.112. The molecule has 2 aromatic carbocycles. The number of carbonyl (C=O) groups excluding carboxylic acids is 1. The molecule has 0 aromatic heterocycles. The van der Waals surface area contributed by atoms with E-state index in [-0.39, 0.29) is 5.57 Å². The van der Waals surface area contributed by atoms with Crippen molar-refractivity contribution in [2.24, 2.45) is 0 Å². The van der Waals surface area contributed by atoms with E-state index in [1.165, 1.54) is 6.20 Å². The number of anilines is 1. The molecule has 134 valence electrons. The molecular weight excluding hydrogens is 344 g/mol. The van der Waals surface area contributed by atoms with Crippen molar-refractivity contribution in [2.45, 2.75) is 9.79 Å². The molecule has 6 heteroatoms. The molecule has 0 atom stereocenters. The molecule has 0 heterocycles. The van der Waals surface area contributed by atoms with Gasteiger partial charge in [-0.15, -0.1) is 0 Å². The Morgan fingerprint density at radius 1 is 1.15 bits per heavy atom. The van der Waals surface area contributed by atoms with E-state index in [0.29, 0.717) is 12.2 Å². The van der Waals surface area contributed by atoms with Gasteiger partial charge in [-0.05, 0) is 38.4 Å². The van der Waals surface area contributed by atoms with Crippen molar-refractivity contribution in [3.05, 3.63) is 66.4 Å². The Kier molecular flexibility index (Phi) is 7.75. The van der Waals surface area contributed by atoms with E-state index in [1.807, 2.05) is 79.7 Å². The van der Waals surface area contributed by atoms with Crippen LogP contribution in [0.4, 0.5) is 5.69 Å². The second-order valence-corrected chi connectivity index (χ2v) is 6.91. The fourth-order valence-corrected chi connectivity index (χ4v) is 3.00. The number of benzene rings is 2. The Labute approximate surface area is 158 Å². The molecule has 0 aliphatic carbocycles. The largest absolute Gasteiger partial charge is 0.388 e. The van der Waals surface area contributed by atoms with Gasteiger partial charge >= 0.3 is 0 Å². The van der Waals surface area contributed by atoms with Gasteiger partial charge in [0, 0.05) is 29.1 Å².